The molecule has 1 aromatic carbocycles. The van der Waals surface area contributed by atoms with E-state index in [9.17, 15) is 0 Å². The normalized spacial score (nSPS) is 24.2. The van der Waals surface area contributed by atoms with Gasteiger partial charge in [-0.2, -0.15) is 0 Å². The van der Waals surface area contributed by atoms with Crippen LogP contribution < -0.4 is 0 Å². The maximum atomic E-state index is 7.52. The molecule has 1 fully saturated rings. The zero-order chi connectivity index (χ0) is 29.0. The van der Waals surface area contributed by atoms with Gasteiger partial charge >= 0.3 is 8.56 Å². The first-order valence-corrected chi connectivity index (χ1v) is 18.7. The van der Waals surface area contributed by atoms with Crippen LogP contribution in [0, 0.1) is 0 Å². The fourth-order valence-corrected chi connectivity index (χ4v) is 18.0. The Labute approximate surface area is 239 Å². The lowest BCUT2D eigenvalue weighted by molar-refractivity contribution is -0.113. The molecule has 5 nitrogen and oxygen atoms in total. The summed E-state index contributed by atoms with van der Waals surface area (Å²) in [5.41, 5.74) is 3.31. The summed E-state index contributed by atoms with van der Waals surface area (Å²) in [6.45, 7) is 28.2. The molecule has 0 amide bonds. The highest BCUT2D eigenvalue weighted by molar-refractivity contribution is 6.77. The average Bonchev–Trinajstić information content (AvgIpc) is 2.84. The van der Waals surface area contributed by atoms with Crippen molar-refractivity contribution >= 4 is 33.5 Å². The van der Waals surface area contributed by atoms with Crippen LogP contribution in [0.2, 0.25) is 26.7 Å². The third-order valence-electron chi connectivity index (χ3n) is 8.96. The standard InChI is InChI=1S/C32H51NO4Si2/c1-21(2)38(22(3)4,23(5)6)36-27-19-26(25-17-13-15-24-16-14-18-33-29(24)25)35-28-20-34-39(31(7,8)9,32(10,11)12)37-30(27)28/h13-19,21-23,27-28,30H,20H2,1-12H3/t27-,28-,30+/m1/s1. The molecule has 1 aromatic heterocycles. The van der Waals surface area contributed by atoms with Crippen molar-refractivity contribution in [1.82, 2.24) is 4.98 Å². The van der Waals surface area contributed by atoms with Crippen LogP contribution in [0.5, 0.6) is 0 Å². The molecule has 39 heavy (non-hydrogen) atoms. The third-order valence-corrected chi connectivity index (χ3v) is 20.2. The second-order valence-corrected chi connectivity index (χ2v) is 24.6. The lowest BCUT2D eigenvalue weighted by Crippen LogP contribution is -2.68. The summed E-state index contributed by atoms with van der Waals surface area (Å²) in [7, 11) is -4.96. The first kappa shape index (κ1) is 30.4. The number of fused-ring (bicyclic) bond motifs is 2. The smallest absolute Gasteiger partial charge is 0.349 e. The van der Waals surface area contributed by atoms with Crippen LogP contribution in [-0.2, 0) is 18.0 Å². The van der Waals surface area contributed by atoms with E-state index in [1.165, 1.54) is 0 Å². The molecule has 0 saturated carbocycles. The van der Waals surface area contributed by atoms with Gasteiger partial charge in [-0.05, 0) is 34.8 Å². The van der Waals surface area contributed by atoms with Crippen molar-refractivity contribution in [3.63, 3.8) is 0 Å². The fourth-order valence-electron chi connectivity index (χ4n) is 7.53. The zero-order valence-electron chi connectivity index (χ0n) is 26.3. The molecule has 7 heteroatoms. The monoisotopic (exact) mass is 569 g/mol. The summed E-state index contributed by atoms with van der Waals surface area (Å²) < 4.78 is 28.4. The van der Waals surface area contributed by atoms with Crippen LogP contribution in [0.15, 0.2) is 42.6 Å². The Hall–Kier alpha value is -1.52. The number of ether oxygens (including phenoxy) is 1. The van der Waals surface area contributed by atoms with E-state index in [1.54, 1.807) is 0 Å². The Bertz CT molecular complexity index is 1150. The van der Waals surface area contributed by atoms with Crippen LogP contribution >= 0.6 is 0 Å². The summed E-state index contributed by atoms with van der Waals surface area (Å²) in [6.07, 6.45) is 3.35. The zero-order valence-corrected chi connectivity index (χ0v) is 28.3. The molecule has 0 spiro atoms. The van der Waals surface area contributed by atoms with Crippen molar-refractivity contribution < 1.29 is 18.0 Å². The van der Waals surface area contributed by atoms with Gasteiger partial charge in [0.05, 0.1) is 18.2 Å². The highest BCUT2D eigenvalue weighted by Gasteiger charge is 2.64. The van der Waals surface area contributed by atoms with E-state index in [4.69, 9.17) is 23.0 Å². The molecule has 0 unspecified atom stereocenters. The van der Waals surface area contributed by atoms with E-state index in [0.717, 1.165) is 22.2 Å². The van der Waals surface area contributed by atoms with Gasteiger partial charge in [0.15, 0.2) is 0 Å². The fraction of sp³-hybridized carbons (Fsp3) is 0.656. The summed E-state index contributed by atoms with van der Waals surface area (Å²) in [5, 5.41) is 0.859. The average molecular weight is 570 g/mol. The van der Waals surface area contributed by atoms with Crippen molar-refractivity contribution in [2.45, 2.75) is 128 Å². The molecule has 4 rings (SSSR count). The maximum absolute atomic E-state index is 7.52. The number of benzene rings is 1. The molecule has 216 valence electrons. The van der Waals surface area contributed by atoms with Gasteiger partial charge in [-0.1, -0.05) is 101 Å². The second-order valence-electron chi connectivity index (χ2n) is 14.5. The minimum atomic E-state index is -2.72. The number of hydrogen-bond acceptors (Lipinski definition) is 5. The van der Waals surface area contributed by atoms with Crippen molar-refractivity contribution in [2.24, 2.45) is 0 Å². The van der Waals surface area contributed by atoms with E-state index in [0.29, 0.717) is 23.2 Å². The van der Waals surface area contributed by atoms with Crippen LogP contribution in [0.25, 0.3) is 16.7 Å². The first-order chi connectivity index (χ1) is 18.0. The Balaban J connectivity index is 1.88. The second kappa shape index (κ2) is 10.7. The molecular formula is C32H51NO4Si2. The van der Waals surface area contributed by atoms with E-state index in [-0.39, 0.29) is 28.4 Å². The molecular weight excluding hydrogens is 519 g/mol. The molecule has 0 N–H and O–H groups in total. The Morgan fingerprint density at radius 1 is 0.897 bits per heavy atom. The minimum Gasteiger partial charge on any atom is -0.485 e. The van der Waals surface area contributed by atoms with Gasteiger partial charge in [0.2, 0.25) is 8.32 Å². The summed E-state index contributed by atoms with van der Waals surface area (Å²) in [6, 6.07) is 10.3. The molecule has 2 aliphatic rings. The van der Waals surface area contributed by atoms with E-state index in [2.05, 4.69) is 113 Å². The molecule has 0 radical (unpaired) electrons. The molecule has 1 saturated heterocycles. The van der Waals surface area contributed by atoms with Crippen molar-refractivity contribution in [1.29, 1.82) is 0 Å². The molecule has 3 heterocycles. The van der Waals surface area contributed by atoms with Crippen molar-refractivity contribution in [2.75, 3.05) is 6.61 Å². The SMILES string of the molecule is CC(C)[Si](O[C@@H]1C=C(c2cccc3cccnc23)O[C@@H]2CO[Si](C(C)(C)C)(C(C)(C)C)O[C@@H]12)(C(C)C)C(C)C. The van der Waals surface area contributed by atoms with Crippen LogP contribution in [-0.4, -0.2) is 46.8 Å². The number of nitrogens with zero attached hydrogens (tertiary/aromatic N) is 1. The third kappa shape index (κ3) is 5.18. The Morgan fingerprint density at radius 3 is 2.05 bits per heavy atom. The summed E-state index contributed by atoms with van der Waals surface area (Å²) in [4.78, 5) is 4.72. The molecule has 2 aliphatic heterocycles. The largest absolute Gasteiger partial charge is 0.485 e. The van der Waals surface area contributed by atoms with Gasteiger partial charge in [-0.25, -0.2) is 0 Å². The first-order valence-electron chi connectivity index (χ1n) is 14.8. The summed E-state index contributed by atoms with van der Waals surface area (Å²) >= 11 is 0. The van der Waals surface area contributed by atoms with Crippen LogP contribution in [0.3, 0.4) is 0 Å². The molecule has 0 bridgehead atoms. The van der Waals surface area contributed by atoms with Crippen molar-refractivity contribution in [3.05, 3.63) is 48.2 Å². The van der Waals surface area contributed by atoms with Gasteiger partial charge in [-0.15, -0.1) is 0 Å². The molecule has 3 atom stereocenters. The highest BCUT2D eigenvalue weighted by Crippen LogP contribution is 2.56. The van der Waals surface area contributed by atoms with Gasteiger partial charge in [0.1, 0.15) is 18.0 Å². The number of para-hydroxylation sites is 1. The van der Waals surface area contributed by atoms with E-state index in [1.807, 2.05) is 12.3 Å². The molecule has 2 aromatic rings. The number of rotatable bonds is 6. The van der Waals surface area contributed by atoms with Gasteiger partial charge in [-0.3, -0.25) is 4.98 Å². The number of hydrogen-bond donors (Lipinski definition) is 0. The van der Waals surface area contributed by atoms with Crippen LogP contribution in [0.1, 0.15) is 88.6 Å². The van der Waals surface area contributed by atoms with E-state index < -0.39 is 16.9 Å². The number of aromatic nitrogens is 1. The predicted molar refractivity (Wildman–Crippen MR) is 167 cm³/mol. The lowest BCUT2D eigenvalue weighted by atomic mass is 10.0. The van der Waals surface area contributed by atoms with E-state index >= 15 is 0 Å². The number of pyridine rings is 1. The van der Waals surface area contributed by atoms with Gasteiger partial charge < -0.3 is 18.0 Å². The topological polar surface area (TPSA) is 49.8 Å². The quantitative estimate of drug-likeness (QED) is 0.325. The van der Waals surface area contributed by atoms with Crippen LogP contribution in [0.4, 0.5) is 0 Å². The lowest BCUT2D eigenvalue weighted by Gasteiger charge is -2.57. The Kier molecular flexibility index (Phi) is 8.36. The maximum Gasteiger partial charge on any atom is 0.349 e. The van der Waals surface area contributed by atoms with Gasteiger partial charge in [0.25, 0.3) is 0 Å². The minimum absolute atomic E-state index is 0.118. The Morgan fingerprint density at radius 2 is 1.49 bits per heavy atom. The predicted octanol–water partition coefficient (Wildman–Crippen LogP) is 8.99. The van der Waals surface area contributed by atoms with Gasteiger partial charge in [0, 0.05) is 27.2 Å². The highest BCUT2D eigenvalue weighted by atomic mass is 28.4. The molecule has 0 aliphatic carbocycles. The summed E-state index contributed by atoms with van der Waals surface area (Å²) in [5.74, 6) is 0.817. The van der Waals surface area contributed by atoms with Crippen molar-refractivity contribution in [3.8, 4) is 0 Å².